The van der Waals surface area contributed by atoms with Crippen LogP contribution in [0.3, 0.4) is 0 Å². The molecule has 1 aliphatic carbocycles. The minimum absolute atomic E-state index is 0.219. The molecule has 0 saturated heterocycles. The molecular formula is C12H20N2O2S2. The molecule has 6 heteroatoms. The molecule has 0 spiro atoms. The molecule has 1 aliphatic rings. The van der Waals surface area contributed by atoms with Gasteiger partial charge in [0.05, 0.1) is 4.90 Å². The molecule has 2 rings (SSSR count). The molecule has 0 radical (unpaired) electrons. The van der Waals surface area contributed by atoms with Gasteiger partial charge in [-0.2, -0.15) is 0 Å². The molecule has 4 nitrogen and oxygen atoms in total. The lowest BCUT2D eigenvalue weighted by atomic mass is 10.4. The van der Waals surface area contributed by atoms with Crippen LogP contribution >= 0.6 is 11.3 Å². The van der Waals surface area contributed by atoms with E-state index in [0.29, 0.717) is 17.5 Å². The fourth-order valence-corrected chi connectivity index (χ4v) is 4.52. The zero-order valence-electron chi connectivity index (χ0n) is 11.0. The first-order valence-electron chi connectivity index (χ1n) is 6.16. The smallest absolute Gasteiger partial charge is 0.242 e. The Kier molecular flexibility index (Phi) is 3.82. The van der Waals surface area contributed by atoms with Crippen molar-refractivity contribution in [1.82, 2.24) is 10.0 Å². The average Bonchev–Trinajstić information content (AvgIpc) is 2.81. The maximum absolute atomic E-state index is 12.3. The van der Waals surface area contributed by atoms with Crippen LogP contribution in [0.15, 0.2) is 16.3 Å². The minimum Gasteiger partial charge on any atom is -0.310 e. The van der Waals surface area contributed by atoms with Gasteiger partial charge in [-0.3, -0.25) is 0 Å². The molecule has 0 aliphatic heterocycles. The van der Waals surface area contributed by atoms with E-state index >= 15 is 0 Å². The predicted octanol–water partition coefficient (Wildman–Crippen LogP) is 2.08. The second kappa shape index (κ2) is 4.92. The highest BCUT2D eigenvalue weighted by atomic mass is 32.2. The summed E-state index contributed by atoms with van der Waals surface area (Å²) in [6, 6.07) is 2.03. The Morgan fingerprint density at radius 1 is 1.44 bits per heavy atom. The van der Waals surface area contributed by atoms with E-state index in [-0.39, 0.29) is 5.54 Å². The van der Waals surface area contributed by atoms with Crippen molar-refractivity contribution >= 4 is 21.4 Å². The van der Waals surface area contributed by atoms with Crippen molar-refractivity contribution in [2.45, 2.75) is 56.6 Å². The van der Waals surface area contributed by atoms with Gasteiger partial charge in [0, 0.05) is 23.0 Å². The molecule has 0 bridgehead atoms. The van der Waals surface area contributed by atoms with E-state index in [1.54, 1.807) is 6.07 Å². The van der Waals surface area contributed by atoms with Crippen molar-refractivity contribution in [1.29, 1.82) is 0 Å². The summed E-state index contributed by atoms with van der Waals surface area (Å²) in [4.78, 5) is 1.30. The number of sulfonamides is 1. The second-order valence-electron chi connectivity index (χ2n) is 5.41. The predicted molar refractivity (Wildman–Crippen MR) is 74.3 cm³/mol. The summed E-state index contributed by atoms with van der Waals surface area (Å²) in [6.45, 7) is 6.64. The summed E-state index contributed by atoms with van der Waals surface area (Å²) in [7, 11) is -3.37. The van der Waals surface area contributed by atoms with Crippen LogP contribution in [0.1, 0.15) is 38.5 Å². The Balaban J connectivity index is 2.14. The first kappa shape index (κ1) is 14.0. The molecule has 1 aromatic rings. The van der Waals surface area contributed by atoms with Crippen LogP contribution in [0.4, 0.5) is 0 Å². The van der Waals surface area contributed by atoms with Gasteiger partial charge in [-0.05, 0) is 31.2 Å². The third-order valence-electron chi connectivity index (χ3n) is 3.05. The molecule has 0 atom stereocenters. The van der Waals surface area contributed by atoms with Crippen LogP contribution in [-0.2, 0) is 16.6 Å². The molecular weight excluding hydrogens is 268 g/mol. The van der Waals surface area contributed by atoms with Crippen molar-refractivity contribution in [2.24, 2.45) is 0 Å². The number of nitrogens with one attached hydrogen (secondary N) is 2. The average molecular weight is 288 g/mol. The molecule has 2 N–H and O–H groups in total. The molecule has 1 fully saturated rings. The van der Waals surface area contributed by atoms with Gasteiger partial charge in [0.25, 0.3) is 0 Å². The third kappa shape index (κ3) is 3.32. The van der Waals surface area contributed by atoms with Crippen LogP contribution in [0.25, 0.3) is 0 Å². The SMILES string of the molecule is CC(C)NCc1sccc1S(=O)(=O)NC1(C)CC1. The summed E-state index contributed by atoms with van der Waals surface area (Å²) in [5, 5.41) is 5.09. The van der Waals surface area contributed by atoms with Gasteiger partial charge in [0.15, 0.2) is 0 Å². The highest BCUT2D eigenvalue weighted by molar-refractivity contribution is 7.89. The monoisotopic (exact) mass is 288 g/mol. The largest absolute Gasteiger partial charge is 0.310 e. The zero-order valence-corrected chi connectivity index (χ0v) is 12.6. The van der Waals surface area contributed by atoms with E-state index < -0.39 is 10.0 Å². The Morgan fingerprint density at radius 2 is 2.11 bits per heavy atom. The van der Waals surface area contributed by atoms with Crippen LogP contribution in [-0.4, -0.2) is 20.0 Å². The van der Waals surface area contributed by atoms with E-state index in [1.807, 2.05) is 26.2 Å². The molecule has 102 valence electrons. The first-order chi connectivity index (χ1) is 8.32. The highest BCUT2D eigenvalue weighted by Crippen LogP contribution is 2.36. The van der Waals surface area contributed by atoms with Crippen molar-refractivity contribution in [3.8, 4) is 0 Å². The number of hydrogen-bond acceptors (Lipinski definition) is 4. The van der Waals surface area contributed by atoms with Crippen LogP contribution in [0, 0.1) is 0 Å². The van der Waals surface area contributed by atoms with Crippen molar-refractivity contribution < 1.29 is 8.42 Å². The number of rotatable bonds is 6. The maximum atomic E-state index is 12.3. The Hall–Kier alpha value is -0.430. The van der Waals surface area contributed by atoms with Gasteiger partial charge in [-0.25, -0.2) is 13.1 Å². The summed E-state index contributed by atoms with van der Waals surface area (Å²) in [5.74, 6) is 0. The van der Waals surface area contributed by atoms with Gasteiger partial charge >= 0.3 is 0 Å². The minimum atomic E-state index is -3.37. The Labute approximate surface area is 113 Å². The number of thiophene rings is 1. The van der Waals surface area contributed by atoms with Gasteiger partial charge < -0.3 is 5.32 Å². The van der Waals surface area contributed by atoms with Gasteiger partial charge in [-0.1, -0.05) is 13.8 Å². The van der Waals surface area contributed by atoms with Crippen LogP contribution in [0.5, 0.6) is 0 Å². The molecule has 1 aromatic heterocycles. The molecule has 18 heavy (non-hydrogen) atoms. The fourth-order valence-electron chi connectivity index (χ4n) is 1.66. The highest BCUT2D eigenvalue weighted by Gasteiger charge is 2.41. The summed E-state index contributed by atoms with van der Waals surface area (Å²) in [6.07, 6.45) is 1.85. The van der Waals surface area contributed by atoms with E-state index in [2.05, 4.69) is 10.0 Å². The third-order valence-corrected chi connectivity index (χ3v) is 5.82. The lowest BCUT2D eigenvalue weighted by Crippen LogP contribution is -2.34. The summed E-state index contributed by atoms with van der Waals surface area (Å²) in [5.41, 5.74) is -0.219. The van der Waals surface area contributed by atoms with Crippen molar-refractivity contribution in [2.75, 3.05) is 0 Å². The van der Waals surface area contributed by atoms with E-state index in [0.717, 1.165) is 17.7 Å². The van der Waals surface area contributed by atoms with E-state index in [1.165, 1.54) is 11.3 Å². The summed E-state index contributed by atoms with van der Waals surface area (Å²) >= 11 is 1.48. The second-order valence-corrected chi connectivity index (χ2v) is 8.06. The standard InChI is InChI=1S/C12H20N2O2S2/c1-9(2)13-8-10-11(4-7-17-10)18(15,16)14-12(3)5-6-12/h4,7,9,13-14H,5-6,8H2,1-3H3. The maximum Gasteiger partial charge on any atom is 0.242 e. The molecule has 0 amide bonds. The normalized spacial score (nSPS) is 18.2. The van der Waals surface area contributed by atoms with Crippen LogP contribution in [0.2, 0.25) is 0 Å². The van der Waals surface area contributed by atoms with E-state index in [4.69, 9.17) is 0 Å². The summed E-state index contributed by atoms with van der Waals surface area (Å²) < 4.78 is 27.4. The van der Waals surface area contributed by atoms with Crippen LogP contribution < -0.4 is 10.0 Å². The van der Waals surface area contributed by atoms with E-state index in [9.17, 15) is 8.42 Å². The quantitative estimate of drug-likeness (QED) is 0.842. The topological polar surface area (TPSA) is 58.2 Å². The zero-order chi connectivity index (χ0) is 13.4. The Bertz CT molecular complexity index is 516. The van der Waals surface area contributed by atoms with Crippen molar-refractivity contribution in [3.63, 3.8) is 0 Å². The number of hydrogen-bond donors (Lipinski definition) is 2. The molecule has 1 saturated carbocycles. The fraction of sp³-hybridized carbons (Fsp3) is 0.667. The molecule has 0 aromatic carbocycles. The Morgan fingerprint density at radius 3 is 2.67 bits per heavy atom. The lowest BCUT2D eigenvalue weighted by Gasteiger charge is -2.13. The van der Waals surface area contributed by atoms with Gasteiger partial charge in [0.1, 0.15) is 0 Å². The van der Waals surface area contributed by atoms with Crippen molar-refractivity contribution in [3.05, 3.63) is 16.3 Å². The molecule has 0 unspecified atom stereocenters. The lowest BCUT2D eigenvalue weighted by molar-refractivity contribution is 0.553. The van der Waals surface area contributed by atoms with Gasteiger partial charge in [-0.15, -0.1) is 11.3 Å². The first-order valence-corrected chi connectivity index (χ1v) is 8.52. The van der Waals surface area contributed by atoms with Gasteiger partial charge in [0.2, 0.25) is 10.0 Å². The molecule has 1 heterocycles.